The van der Waals surface area contributed by atoms with Crippen molar-refractivity contribution in [3.63, 3.8) is 0 Å². The van der Waals surface area contributed by atoms with Gasteiger partial charge in [0.1, 0.15) is 0 Å². The monoisotopic (exact) mass is 578 g/mol. The number of rotatable bonds is 6. The summed E-state index contributed by atoms with van der Waals surface area (Å²) < 4.78 is 7.28. The van der Waals surface area contributed by atoms with Gasteiger partial charge in [0, 0.05) is 28.7 Å². The van der Waals surface area contributed by atoms with Crippen LogP contribution in [0.25, 0.3) is 0 Å². The molecule has 2 aliphatic carbocycles. The van der Waals surface area contributed by atoms with Gasteiger partial charge in [-0.2, -0.15) is 0 Å². The second kappa shape index (κ2) is 14.6. The number of hydrogen-bond donors (Lipinski definition) is 0. The molecule has 4 heteroatoms. The molecule has 3 atom stereocenters. The Morgan fingerprint density at radius 1 is 0.706 bits per heavy atom. The minimum Gasteiger partial charge on any atom is -0.376 e. The fraction of sp³-hybridized carbons (Fsp3) is 0.400. The van der Waals surface area contributed by atoms with Crippen LogP contribution >= 0.6 is 23.9 Å². The standard InChI is InChI=1S/C25H26BrOP.C5H10.Fe/c1-27-25(21-15-8-9-17-23(21)26)22-16-10-18-24(22)28(19-11-4-2-5-12-19)20-13-6-3-7-14-20;1-2-4-5-3-1;/h2-9,11-15,17,22,24-25H,10,16,18H2,1H3;1-5H2;/t22?,24?,25-;;/m0../s1. The predicted molar refractivity (Wildman–Crippen MR) is 147 cm³/mol. The maximum atomic E-state index is 6.13. The Morgan fingerprint density at radius 3 is 1.71 bits per heavy atom. The Kier molecular flexibility index (Phi) is 11.8. The minimum atomic E-state index is -0.425. The van der Waals surface area contributed by atoms with E-state index in [1.54, 1.807) is 0 Å². The summed E-state index contributed by atoms with van der Waals surface area (Å²) in [5.74, 6) is 0.523. The molecule has 34 heavy (non-hydrogen) atoms. The van der Waals surface area contributed by atoms with Gasteiger partial charge in [-0.3, -0.25) is 0 Å². The van der Waals surface area contributed by atoms with Gasteiger partial charge in [-0.15, -0.1) is 0 Å². The van der Waals surface area contributed by atoms with E-state index in [-0.39, 0.29) is 23.2 Å². The summed E-state index contributed by atoms with van der Waals surface area (Å²) in [6, 6.07) is 30.7. The number of benzene rings is 3. The van der Waals surface area contributed by atoms with Crippen molar-refractivity contribution in [1.29, 1.82) is 0 Å². The second-order valence-electron chi connectivity index (χ2n) is 9.15. The Balaban J connectivity index is 0.000000481. The van der Waals surface area contributed by atoms with E-state index < -0.39 is 7.92 Å². The summed E-state index contributed by atoms with van der Waals surface area (Å²) in [5.41, 5.74) is 1.90. The molecule has 2 aliphatic rings. The zero-order chi connectivity index (χ0) is 22.9. The van der Waals surface area contributed by atoms with E-state index in [1.165, 1.54) is 67.5 Å². The third-order valence-electron chi connectivity index (χ3n) is 7.04. The van der Waals surface area contributed by atoms with E-state index in [1.807, 2.05) is 7.11 Å². The van der Waals surface area contributed by atoms with E-state index in [9.17, 15) is 0 Å². The summed E-state index contributed by atoms with van der Waals surface area (Å²) >= 11 is 3.76. The third-order valence-corrected chi connectivity index (χ3v) is 10.8. The van der Waals surface area contributed by atoms with Crippen molar-refractivity contribution in [2.75, 3.05) is 7.11 Å². The van der Waals surface area contributed by atoms with Crippen molar-refractivity contribution in [2.24, 2.45) is 5.92 Å². The molecule has 5 rings (SSSR count). The van der Waals surface area contributed by atoms with Gasteiger partial charge in [0.25, 0.3) is 0 Å². The molecule has 2 fully saturated rings. The Hall–Kier alpha value is -0.951. The Labute approximate surface area is 226 Å². The average molecular weight is 579 g/mol. The van der Waals surface area contributed by atoms with E-state index in [0.717, 1.165) is 4.47 Å². The van der Waals surface area contributed by atoms with Crippen molar-refractivity contribution in [2.45, 2.75) is 63.1 Å². The molecule has 182 valence electrons. The summed E-state index contributed by atoms with van der Waals surface area (Å²) in [7, 11) is 1.44. The zero-order valence-corrected chi connectivity index (χ0v) is 23.6. The number of ether oxygens (including phenoxy) is 1. The molecule has 0 bridgehead atoms. The molecular formula is C30H36BrFeOP. The van der Waals surface area contributed by atoms with Crippen molar-refractivity contribution in [3.8, 4) is 0 Å². The van der Waals surface area contributed by atoms with Crippen LogP contribution in [0.3, 0.4) is 0 Å². The Morgan fingerprint density at radius 2 is 1.21 bits per heavy atom. The van der Waals surface area contributed by atoms with Crippen LogP contribution in [0.15, 0.2) is 89.4 Å². The van der Waals surface area contributed by atoms with Crippen LogP contribution < -0.4 is 10.6 Å². The smallest absolute Gasteiger partial charge is 0.0866 e. The van der Waals surface area contributed by atoms with Crippen LogP contribution in [0.4, 0.5) is 0 Å². The first-order valence-electron chi connectivity index (χ1n) is 12.5. The number of halogens is 1. The summed E-state index contributed by atoms with van der Waals surface area (Å²) in [5, 5.41) is 2.95. The summed E-state index contributed by atoms with van der Waals surface area (Å²) in [6.45, 7) is 0. The minimum absolute atomic E-state index is 0. The first-order valence-corrected chi connectivity index (χ1v) is 14.7. The van der Waals surface area contributed by atoms with E-state index >= 15 is 0 Å². The number of methoxy groups -OCH3 is 1. The second-order valence-corrected chi connectivity index (χ2v) is 12.4. The predicted octanol–water partition coefficient (Wildman–Crippen LogP) is 8.39. The maximum absolute atomic E-state index is 6.13. The Bertz CT molecular complexity index is 917. The van der Waals surface area contributed by atoms with Gasteiger partial charge < -0.3 is 4.74 Å². The van der Waals surface area contributed by atoms with Crippen LogP contribution in [0.2, 0.25) is 0 Å². The largest absolute Gasteiger partial charge is 0.376 e. The molecule has 0 spiro atoms. The van der Waals surface area contributed by atoms with Crippen molar-refractivity contribution >= 4 is 34.5 Å². The van der Waals surface area contributed by atoms with Crippen LogP contribution in [0.5, 0.6) is 0 Å². The molecule has 2 unspecified atom stereocenters. The molecule has 0 heterocycles. The zero-order valence-electron chi connectivity index (χ0n) is 20.1. The van der Waals surface area contributed by atoms with Crippen LogP contribution in [-0.2, 0) is 21.8 Å². The van der Waals surface area contributed by atoms with Gasteiger partial charge in [0.05, 0.1) is 6.10 Å². The molecule has 0 aromatic heterocycles. The molecule has 2 saturated carbocycles. The molecule has 0 saturated heterocycles. The summed E-state index contributed by atoms with van der Waals surface area (Å²) in [4.78, 5) is 0. The van der Waals surface area contributed by atoms with E-state index in [4.69, 9.17) is 4.74 Å². The van der Waals surface area contributed by atoms with Gasteiger partial charge in [0.15, 0.2) is 0 Å². The van der Waals surface area contributed by atoms with Gasteiger partial charge in [-0.25, -0.2) is 0 Å². The quantitative estimate of drug-likeness (QED) is 0.211. The van der Waals surface area contributed by atoms with Gasteiger partial charge >= 0.3 is 0 Å². The molecule has 3 aromatic rings. The normalized spacial score (nSPS) is 20.3. The first kappa shape index (κ1) is 27.6. The fourth-order valence-corrected chi connectivity index (χ4v) is 9.16. The molecular weight excluding hydrogens is 543 g/mol. The van der Waals surface area contributed by atoms with Crippen molar-refractivity contribution in [1.82, 2.24) is 0 Å². The number of hydrogen-bond acceptors (Lipinski definition) is 1. The molecule has 0 aliphatic heterocycles. The SMILES string of the molecule is C1CCCC1.CO[C@@H](c1ccccc1Br)C1CCCC1P(c1ccccc1)c1ccccc1.[Fe]. The van der Waals surface area contributed by atoms with Gasteiger partial charge in [-0.05, 0) is 54.6 Å². The van der Waals surface area contributed by atoms with Crippen LogP contribution in [-0.4, -0.2) is 12.8 Å². The topological polar surface area (TPSA) is 9.23 Å². The van der Waals surface area contributed by atoms with Crippen LogP contribution in [0.1, 0.15) is 63.0 Å². The first-order chi connectivity index (χ1) is 16.3. The molecule has 3 aromatic carbocycles. The van der Waals surface area contributed by atoms with Gasteiger partial charge in [0.2, 0.25) is 0 Å². The molecule has 1 nitrogen and oxygen atoms in total. The maximum Gasteiger partial charge on any atom is 0.0866 e. The molecule has 0 N–H and O–H groups in total. The van der Waals surface area contributed by atoms with Crippen molar-refractivity contribution < 1.29 is 21.8 Å². The summed E-state index contributed by atoms with van der Waals surface area (Å²) in [6.07, 6.45) is 11.4. The van der Waals surface area contributed by atoms with E-state index in [0.29, 0.717) is 11.6 Å². The van der Waals surface area contributed by atoms with E-state index in [2.05, 4.69) is 101 Å². The molecule has 0 radical (unpaired) electrons. The average Bonchev–Trinajstić information content (AvgIpc) is 3.59. The fourth-order valence-electron chi connectivity index (χ4n) is 5.47. The van der Waals surface area contributed by atoms with Crippen LogP contribution in [0, 0.1) is 5.92 Å². The van der Waals surface area contributed by atoms with Crippen molar-refractivity contribution in [3.05, 3.63) is 95.0 Å². The third kappa shape index (κ3) is 7.05. The molecule has 0 amide bonds. The van der Waals surface area contributed by atoms with Gasteiger partial charge in [-0.1, -0.05) is 133 Å².